The second-order valence-corrected chi connectivity index (χ2v) is 10.5. The highest BCUT2D eigenvalue weighted by molar-refractivity contribution is 5.50. The van der Waals surface area contributed by atoms with Crippen molar-refractivity contribution >= 4 is 5.69 Å². The van der Waals surface area contributed by atoms with Crippen LogP contribution in [0.4, 0.5) is 5.69 Å². The summed E-state index contributed by atoms with van der Waals surface area (Å²) in [4.78, 5) is 5.28. The number of benzene rings is 2. The topological polar surface area (TPSA) is 41.7 Å². The van der Waals surface area contributed by atoms with E-state index >= 15 is 0 Å². The van der Waals surface area contributed by atoms with Crippen molar-refractivity contribution in [3.8, 4) is 5.75 Å². The Hall–Kier alpha value is -2.04. The third-order valence-corrected chi connectivity index (χ3v) is 6.55. The molecule has 0 aliphatic carbocycles. The number of hydrogen-bond acceptors (Lipinski definition) is 4. The number of nitrogens with zero attached hydrogens (tertiary/aromatic N) is 2. The highest BCUT2D eigenvalue weighted by Gasteiger charge is 2.29. The molecule has 0 bridgehead atoms. The average molecular weight is 452 g/mol. The van der Waals surface area contributed by atoms with E-state index in [0.29, 0.717) is 24.6 Å². The first kappa shape index (κ1) is 25.6. The molecule has 1 unspecified atom stereocenters. The van der Waals surface area contributed by atoms with Crippen LogP contribution in [-0.4, -0.2) is 36.7 Å². The van der Waals surface area contributed by atoms with Gasteiger partial charge >= 0.3 is 0 Å². The van der Waals surface area contributed by atoms with Crippen LogP contribution in [0.25, 0.3) is 0 Å². The highest BCUT2D eigenvalue weighted by Crippen LogP contribution is 2.29. The number of anilines is 1. The molecule has 4 heteroatoms. The Kier molecular flexibility index (Phi) is 10.1. The van der Waals surface area contributed by atoms with Crippen molar-refractivity contribution in [1.82, 2.24) is 4.90 Å². The molecule has 2 atom stereocenters. The molecule has 2 N–H and O–H groups in total. The molecule has 1 fully saturated rings. The van der Waals surface area contributed by atoms with E-state index < -0.39 is 0 Å². The standard InChI is InChI=1S/C29H45N3O/c1-23(2)17-19-32(29-12-8-9-18-31(29)21-26(30)20-24(3)4)27-13-15-28(16-14-27)33-22-25-10-6-5-7-11-25/h5-7,10-11,13-16,23-24,26,29H,8-9,12,17-22,30H2,1-4H3/t26?,29-/m0/s1. The van der Waals surface area contributed by atoms with Gasteiger partial charge in [-0.25, -0.2) is 0 Å². The van der Waals surface area contributed by atoms with Crippen molar-refractivity contribution in [3.63, 3.8) is 0 Å². The van der Waals surface area contributed by atoms with Crippen LogP contribution in [0.3, 0.4) is 0 Å². The Bertz CT molecular complexity index is 790. The van der Waals surface area contributed by atoms with Crippen LogP contribution < -0.4 is 15.4 Å². The highest BCUT2D eigenvalue weighted by atomic mass is 16.5. The monoisotopic (exact) mass is 451 g/mol. The van der Waals surface area contributed by atoms with E-state index in [9.17, 15) is 0 Å². The minimum atomic E-state index is 0.242. The van der Waals surface area contributed by atoms with Crippen LogP contribution in [0.15, 0.2) is 54.6 Å². The van der Waals surface area contributed by atoms with E-state index in [-0.39, 0.29) is 6.04 Å². The molecule has 2 aromatic rings. The number of nitrogens with two attached hydrogens (primary N) is 1. The van der Waals surface area contributed by atoms with Crippen LogP contribution in [0, 0.1) is 11.8 Å². The van der Waals surface area contributed by atoms with E-state index in [0.717, 1.165) is 31.8 Å². The maximum Gasteiger partial charge on any atom is 0.119 e. The second kappa shape index (κ2) is 13.0. The van der Waals surface area contributed by atoms with E-state index in [1.807, 2.05) is 6.07 Å². The Morgan fingerprint density at radius 2 is 1.70 bits per heavy atom. The van der Waals surface area contributed by atoms with Gasteiger partial charge in [0.15, 0.2) is 0 Å². The van der Waals surface area contributed by atoms with Crippen molar-refractivity contribution < 1.29 is 4.74 Å². The summed E-state index contributed by atoms with van der Waals surface area (Å²) in [6, 6.07) is 19.3. The fourth-order valence-corrected chi connectivity index (χ4v) is 4.84. The number of hydrogen-bond donors (Lipinski definition) is 1. The molecule has 0 aromatic heterocycles. The molecule has 1 saturated heterocycles. The van der Waals surface area contributed by atoms with Crippen LogP contribution in [0.1, 0.15) is 65.4 Å². The molecule has 0 saturated carbocycles. The molecule has 4 nitrogen and oxygen atoms in total. The summed E-state index contributed by atoms with van der Waals surface area (Å²) >= 11 is 0. The zero-order valence-corrected chi connectivity index (χ0v) is 21.2. The van der Waals surface area contributed by atoms with E-state index in [4.69, 9.17) is 10.5 Å². The van der Waals surface area contributed by atoms with Gasteiger partial charge in [0, 0.05) is 31.4 Å². The van der Waals surface area contributed by atoms with Gasteiger partial charge < -0.3 is 15.4 Å². The molecule has 2 aromatic carbocycles. The lowest BCUT2D eigenvalue weighted by Gasteiger charge is -2.45. The van der Waals surface area contributed by atoms with E-state index in [1.54, 1.807) is 0 Å². The van der Waals surface area contributed by atoms with Crippen molar-refractivity contribution in [2.75, 3.05) is 24.5 Å². The fourth-order valence-electron chi connectivity index (χ4n) is 4.84. The average Bonchev–Trinajstić information content (AvgIpc) is 2.79. The first-order chi connectivity index (χ1) is 15.9. The molecule has 1 aliphatic heterocycles. The van der Waals surface area contributed by atoms with Crippen LogP contribution in [-0.2, 0) is 6.61 Å². The summed E-state index contributed by atoms with van der Waals surface area (Å²) in [6.45, 7) is 13.0. The largest absolute Gasteiger partial charge is 0.489 e. The minimum Gasteiger partial charge on any atom is -0.489 e. The molecule has 1 heterocycles. The van der Waals surface area contributed by atoms with Gasteiger partial charge in [-0.15, -0.1) is 0 Å². The fraction of sp³-hybridized carbons (Fsp3) is 0.586. The van der Waals surface area contributed by atoms with Gasteiger partial charge in [0.2, 0.25) is 0 Å². The number of ether oxygens (including phenoxy) is 1. The van der Waals surface area contributed by atoms with E-state index in [2.05, 4.69) is 86.0 Å². The molecule has 3 rings (SSSR count). The molecular formula is C29H45N3O. The van der Waals surface area contributed by atoms with Gasteiger partial charge in [-0.05, 0) is 73.8 Å². The Morgan fingerprint density at radius 3 is 2.36 bits per heavy atom. The van der Waals surface area contributed by atoms with Gasteiger partial charge in [-0.1, -0.05) is 58.0 Å². The summed E-state index contributed by atoms with van der Waals surface area (Å²) in [7, 11) is 0. The number of likely N-dealkylation sites (tertiary alicyclic amines) is 1. The lowest BCUT2D eigenvalue weighted by molar-refractivity contribution is 0.130. The maximum atomic E-state index is 6.55. The second-order valence-electron chi connectivity index (χ2n) is 10.5. The summed E-state index contributed by atoms with van der Waals surface area (Å²) in [5.41, 5.74) is 9.03. The molecular weight excluding hydrogens is 406 g/mol. The first-order valence-corrected chi connectivity index (χ1v) is 13.0. The Labute approximate surface area is 202 Å². The van der Waals surface area contributed by atoms with Crippen LogP contribution >= 0.6 is 0 Å². The first-order valence-electron chi connectivity index (χ1n) is 13.0. The van der Waals surface area contributed by atoms with Crippen molar-refractivity contribution in [2.45, 2.75) is 78.6 Å². The smallest absolute Gasteiger partial charge is 0.119 e. The molecule has 182 valence electrons. The number of piperidine rings is 1. The summed E-state index contributed by atoms with van der Waals surface area (Å²) in [5.74, 6) is 2.25. The van der Waals surface area contributed by atoms with Gasteiger partial charge in [0.25, 0.3) is 0 Å². The molecule has 1 aliphatic rings. The zero-order valence-electron chi connectivity index (χ0n) is 21.2. The van der Waals surface area contributed by atoms with Gasteiger partial charge in [-0.3, -0.25) is 4.90 Å². The lowest BCUT2D eigenvalue weighted by Crippen LogP contribution is -2.54. The normalized spacial score (nSPS) is 18.0. The summed E-state index contributed by atoms with van der Waals surface area (Å²) < 4.78 is 6.04. The van der Waals surface area contributed by atoms with Crippen molar-refractivity contribution in [2.24, 2.45) is 17.6 Å². The quantitative estimate of drug-likeness (QED) is 0.411. The molecule has 0 radical (unpaired) electrons. The van der Waals surface area contributed by atoms with Crippen molar-refractivity contribution in [3.05, 3.63) is 60.2 Å². The molecule has 33 heavy (non-hydrogen) atoms. The third kappa shape index (κ3) is 8.35. The molecule has 0 spiro atoms. The van der Waals surface area contributed by atoms with Gasteiger partial charge in [0.05, 0.1) is 6.17 Å². The van der Waals surface area contributed by atoms with Crippen LogP contribution in [0.2, 0.25) is 0 Å². The van der Waals surface area contributed by atoms with Crippen LogP contribution in [0.5, 0.6) is 5.75 Å². The Morgan fingerprint density at radius 1 is 0.970 bits per heavy atom. The van der Waals surface area contributed by atoms with Crippen molar-refractivity contribution in [1.29, 1.82) is 0 Å². The maximum absolute atomic E-state index is 6.55. The lowest BCUT2D eigenvalue weighted by atomic mass is 10.0. The predicted octanol–water partition coefficient (Wildman–Crippen LogP) is 6.30. The van der Waals surface area contributed by atoms with Gasteiger partial charge in [-0.2, -0.15) is 0 Å². The summed E-state index contributed by atoms with van der Waals surface area (Å²) in [6.07, 6.45) is 6.47. The Balaban J connectivity index is 1.71. The minimum absolute atomic E-state index is 0.242. The predicted molar refractivity (Wildman–Crippen MR) is 141 cm³/mol. The third-order valence-electron chi connectivity index (χ3n) is 6.55. The summed E-state index contributed by atoms with van der Waals surface area (Å²) in [5, 5.41) is 0. The number of rotatable bonds is 12. The van der Waals surface area contributed by atoms with Gasteiger partial charge in [0.1, 0.15) is 12.4 Å². The SMILES string of the molecule is CC(C)CCN(c1ccc(OCc2ccccc2)cc1)[C@H]1CCCCN1CC(N)CC(C)C. The molecule has 0 amide bonds. The zero-order chi connectivity index (χ0) is 23.6. The van der Waals surface area contributed by atoms with E-state index in [1.165, 1.54) is 36.9 Å².